The van der Waals surface area contributed by atoms with Crippen LogP contribution in [0.1, 0.15) is 34.1 Å². The molecule has 1 saturated carbocycles. The average Bonchev–Trinajstić information content (AvgIpc) is 2.11. The standard InChI is InChI=1S/C9H18N2/c1-8(2)6(5-7(10)11)9(8,3)4/h6H,5H2,1-4H3,(H3,10,11). The molecule has 0 bridgehead atoms. The molecule has 0 unspecified atom stereocenters. The van der Waals surface area contributed by atoms with E-state index in [4.69, 9.17) is 11.1 Å². The topological polar surface area (TPSA) is 49.9 Å². The molecule has 1 fully saturated rings. The quantitative estimate of drug-likeness (QED) is 0.464. The summed E-state index contributed by atoms with van der Waals surface area (Å²) in [4.78, 5) is 0. The summed E-state index contributed by atoms with van der Waals surface area (Å²) in [6.45, 7) is 9.00. The highest BCUT2D eigenvalue weighted by molar-refractivity contribution is 5.77. The van der Waals surface area contributed by atoms with Crippen molar-refractivity contribution in [2.75, 3.05) is 0 Å². The molecule has 1 rings (SSSR count). The third kappa shape index (κ3) is 1.05. The van der Waals surface area contributed by atoms with Crippen LogP contribution in [-0.2, 0) is 0 Å². The summed E-state index contributed by atoms with van der Waals surface area (Å²) in [6.07, 6.45) is 0.764. The molecule has 1 aliphatic rings. The molecule has 0 spiro atoms. The summed E-state index contributed by atoms with van der Waals surface area (Å²) in [5, 5.41) is 7.20. The Hall–Kier alpha value is -0.530. The van der Waals surface area contributed by atoms with Crippen LogP contribution < -0.4 is 5.73 Å². The zero-order chi connectivity index (χ0) is 8.86. The smallest absolute Gasteiger partial charge is 0.0908 e. The van der Waals surface area contributed by atoms with Gasteiger partial charge in [-0.1, -0.05) is 27.7 Å². The number of nitrogens with one attached hydrogen (secondary N) is 1. The lowest BCUT2D eigenvalue weighted by molar-refractivity contribution is 0.457. The molecule has 0 aliphatic heterocycles. The predicted octanol–water partition coefficient (Wildman–Crippen LogP) is 1.99. The van der Waals surface area contributed by atoms with Crippen molar-refractivity contribution in [1.82, 2.24) is 0 Å². The van der Waals surface area contributed by atoms with Gasteiger partial charge in [0.2, 0.25) is 0 Å². The van der Waals surface area contributed by atoms with Gasteiger partial charge in [0, 0.05) is 6.42 Å². The van der Waals surface area contributed by atoms with E-state index in [1.807, 2.05) is 0 Å². The van der Waals surface area contributed by atoms with Crippen LogP contribution in [-0.4, -0.2) is 5.84 Å². The molecule has 0 saturated heterocycles. The molecule has 1 aliphatic carbocycles. The number of hydrogen-bond acceptors (Lipinski definition) is 1. The van der Waals surface area contributed by atoms with Gasteiger partial charge in [-0.3, -0.25) is 5.41 Å². The summed E-state index contributed by atoms with van der Waals surface area (Å²) in [6, 6.07) is 0. The molecular weight excluding hydrogens is 136 g/mol. The molecule has 0 aromatic carbocycles. The van der Waals surface area contributed by atoms with Gasteiger partial charge in [0.25, 0.3) is 0 Å². The second-order valence-electron chi connectivity index (χ2n) is 4.73. The molecule has 0 aromatic heterocycles. The van der Waals surface area contributed by atoms with Crippen LogP contribution in [0.2, 0.25) is 0 Å². The number of amidine groups is 1. The molecule has 0 atom stereocenters. The van der Waals surface area contributed by atoms with Gasteiger partial charge in [0.1, 0.15) is 0 Å². The van der Waals surface area contributed by atoms with Crippen molar-refractivity contribution in [1.29, 1.82) is 5.41 Å². The number of rotatable bonds is 2. The fourth-order valence-corrected chi connectivity index (χ4v) is 2.06. The van der Waals surface area contributed by atoms with Crippen LogP contribution >= 0.6 is 0 Å². The van der Waals surface area contributed by atoms with Crippen LogP contribution in [0.5, 0.6) is 0 Å². The summed E-state index contributed by atoms with van der Waals surface area (Å²) < 4.78 is 0. The Labute approximate surface area is 68.7 Å². The highest BCUT2D eigenvalue weighted by Gasteiger charge is 2.64. The van der Waals surface area contributed by atoms with Crippen LogP contribution in [0.15, 0.2) is 0 Å². The minimum atomic E-state index is 0.327. The largest absolute Gasteiger partial charge is 0.388 e. The van der Waals surface area contributed by atoms with E-state index in [2.05, 4.69) is 27.7 Å². The molecule has 3 N–H and O–H groups in total. The lowest BCUT2D eigenvalue weighted by Crippen LogP contribution is -2.11. The lowest BCUT2D eigenvalue weighted by Gasteiger charge is -2.04. The van der Waals surface area contributed by atoms with Gasteiger partial charge in [-0.25, -0.2) is 0 Å². The van der Waals surface area contributed by atoms with E-state index < -0.39 is 0 Å². The van der Waals surface area contributed by atoms with Crippen molar-refractivity contribution in [3.63, 3.8) is 0 Å². The van der Waals surface area contributed by atoms with E-state index in [-0.39, 0.29) is 0 Å². The average molecular weight is 154 g/mol. The second-order valence-corrected chi connectivity index (χ2v) is 4.73. The number of nitrogens with two attached hydrogens (primary N) is 1. The Morgan fingerprint density at radius 1 is 1.27 bits per heavy atom. The van der Waals surface area contributed by atoms with E-state index >= 15 is 0 Å². The third-order valence-electron chi connectivity index (χ3n) is 3.74. The summed E-state index contributed by atoms with van der Waals surface area (Å²) in [5.41, 5.74) is 6.11. The zero-order valence-corrected chi connectivity index (χ0v) is 7.86. The summed E-state index contributed by atoms with van der Waals surface area (Å²) in [5.74, 6) is 0.932. The molecule has 2 nitrogen and oxygen atoms in total. The fraction of sp³-hybridized carbons (Fsp3) is 0.889. The van der Waals surface area contributed by atoms with Crippen LogP contribution in [0, 0.1) is 22.2 Å². The normalized spacial score (nSPS) is 26.5. The van der Waals surface area contributed by atoms with E-state index in [1.54, 1.807) is 0 Å². The van der Waals surface area contributed by atoms with Crippen LogP contribution in [0.25, 0.3) is 0 Å². The SMILES string of the molecule is CC1(C)C(CC(=N)N)C1(C)C. The van der Waals surface area contributed by atoms with E-state index in [1.165, 1.54) is 0 Å². The molecule has 2 heteroatoms. The molecule has 0 heterocycles. The van der Waals surface area contributed by atoms with Gasteiger partial charge in [0.05, 0.1) is 5.84 Å². The zero-order valence-electron chi connectivity index (χ0n) is 7.86. The van der Waals surface area contributed by atoms with Crippen molar-refractivity contribution < 1.29 is 0 Å². The Kier molecular flexibility index (Phi) is 1.55. The van der Waals surface area contributed by atoms with E-state index in [9.17, 15) is 0 Å². The van der Waals surface area contributed by atoms with Gasteiger partial charge in [-0.2, -0.15) is 0 Å². The molecule has 64 valence electrons. The van der Waals surface area contributed by atoms with Crippen molar-refractivity contribution in [3.8, 4) is 0 Å². The summed E-state index contributed by atoms with van der Waals surface area (Å²) >= 11 is 0. The van der Waals surface area contributed by atoms with Crippen molar-refractivity contribution >= 4 is 5.84 Å². The first kappa shape index (κ1) is 8.57. The van der Waals surface area contributed by atoms with Crippen LogP contribution in [0.3, 0.4) is 0 Å². The minimum absolute atomic E-state index is 0.327. The van der Waals surface area contributed by atoms with Crippen LogP contribution in [0.4, 0.5) is 0 Å². The Bertz CT molecular complexity index is 178. The predicted molar refractivity (Wildman–Crippen MR) is 47.6 cm³/mol. The maximum atomic E-state index is 7.20. The molecule has 0 radical (unpaired) electrons. The highest BCUT2D eigenvalue weighted by Crippen LogP contribution is 2.69. The van der Waals surface area contributed by atoms with Gasteiger partial charge in [-0.15, -0.1) is 0 Å². The van der Waals surface area contributed by atoms with Crippen molar-refractivity contribution in [3.05, 3.63) is 0 Å². The molecular formula is C9H18N2. The van der Waals surface area contributed by atoms with E-state index in [0.717, 1.165) is 6.42 Å². The molecule has 11 heavy (non-hydrogen) atoms. The Morgan fingerprint density at radius 3 is 1.73 bits per heavy atom. The first-order chi connectivity index (χ1) is 4.80. The van der Waals surface area contributed by atoms with Crippen molar-refractivity contribution in [2.45, 2.75) is 34.1 Å². The lowest BCUT2D eigenvalue weighted by atomic mass is 10.0. The van der Waals surface area contributed by atoms with Gasteiger partial charge in [0.15, 0.2) is 0 Å². The van der Waals surface area contributed by atoms with Crippen molar-refractivity contribution in [2.24, 2.45) is 22.5 Å². The van der Waals surface area contributed by atoms with Gasteiger partial charge < -0.3 is 5.73 Å². The fourth-order valence-electron chi connectivity index (χ4n) is 2.06. The highest BCUT2D eigenvalue weighted by atomic mass is 14.8. The maximum Gasteiger partial charge on any atom is 0.0908 e. The first-order valence-electron chi connectivity index (χ1n) is 4.13. The first-order valence-corrected chi connectivity index (χ1v) is 4.13. The maximum absolute atomic E-state index is 7.20. The third-order valence-corrected chi connectivity index (χ3v) is 3.74. The summed E-state index contributed by atoms with van der Waals surface area (Å²) in [7, 11) is 0. The Morgan fingerprint density at radius 2 is 1.64 bits per heavy atom. The number of hydrogen-bond donors (Lipinski definition) is 2. The second kappa shape index (κ2) is 1.99. The molecule has 0 amide bonds. The van der Waals surface area contributed by atoms with E-state index in [0.29, 0.717) is 22.6 Å². The molecule has 0 aromatic rings. The van der Waals surface area contributed by atoms with Gasteiger partial charge in [-0.05, 0) is 16.7 Å². The Balaban J connectivity index is 2.61. The monoisotopic (exact) mass is 154 g/mol. The minimum Gasteiger partial charge on any atom is -0.388 e. The van der Waals surface area contributed by atoms with Gasteiger partial charge >= 0.3 is 0 Å².